The number of esters is 1. The zero-order chi connectivity index (χ0) is 26.6. The number of rotatable bonds is 6. The highest BCUT2D eigenvalue weighted by atomic mass is 19.1. The number of fused-ring (bicyclic) bond motifs is 3. The molecular formula is C29H35FN4O4. The first kappa shape index (κ1) is 25.1. The van der Waals surface area contributed by atoms with Gasteiger partial charge in [0.15, 0.2) is 5.78 Å². The number of primary amides is 1. The van der Waals surface area contributed by atoms with Crippen LogP contribution in [0, 0.1) is 11.2 Å². The maximum Gasteiger partial charge on any atom is 0.319 e. The number of nitrogens with one attached hydrogen (secondary N) is 1. The molecule has 2 fully saturated rings. The second-order valence-corrected chi connectivity index (χ2v) is 11.6. The normalized spacial score (nSPS) is 23.5. The second-order valence-electron chi connectivity index (χ2n) is 11.6. The first-order valence-electron chi connectivity index (χ1n) is 13.9. The van der Waals surface area contributed by atoms with Gasteiger partial charge in [0.05, 0.1) is 23.5 Å². The Balaban J connectivity index is 1.35. The van der Waals surface area contributed by atoms with Crippen molar-refractivity contribution in [3.63, 3.8) is 0 Å². The van der Waals surface area contributed by atoms with Crippen molar-refractivity contribution in [1.29, 1.82) is 0 Å². The number of carbonyl (C=O) groups is 3. The predicted molar refractivity (Wildman–Crippen MR) is 140 cm³/mol. The molecule has 1 aromatic carbocycles. The van der Waals surface area contributed by atoms with Crippen LogP contribution in [0.15, 0.2) is 12.1 Å². The van der Waals surface area contributed by atoms with Gasteiger partial charge in [-0.3, -0.25) is 14.4 Å². The summed E-state index contributed by atoms with van der Waals surface area (Å²) >= 11 is 0. The number of anilines is 1. The summed E-state index contributed by atoms with van der Waals surface area (Å²) in [5, 5.41) is 3.37. The van der Waals surface area contributed by atoms with E-state index in [0.29, 0.717) is 43.5 Å². The third-order valence-electron chi connectivity index (χ3n) is 9.17. The Kier molecular flexibility index (Phi) is 6.29. The van der Waals surface area contributed by atoms with Crippen molar-refractivity contribution in [1.82, 2.24) is 4.57 Å². The summed E-state index contributed by atoms with van der Waals surface area (Å²) < 4.78 is 23.0. The van der Waals surface area contributed by atoms with Gasteiger partial charge in [0.1, 0.15) is 11.9 Å². The fourth-order valence-electron chi connectivity index (χ4n) is 7.24. The third-order valence-corrected chi connectivity index (χ3v) is 9.17. The largest absolute Gasteiger partial charge is 0.461 e. The van der Waals surface area contributed by atoms with Crippen LogP contribution in [0.3, 0.4) is 0 Å². The zero-order valence-electron chi connectivity index (χ0n) is 21.6. The molecule has 202 valence electrons. The van der Waals surface area contributed by atoms with Crippen LogP contribution in [0.4, 0.5) is 10.1 Å². The van der Waals surface area contributed by atoms with Gasteiger partial charge in [0.2, 0.25) is 0 Å². The Hall–Kier alpha value is -3.20. The third kappa shape index (κ3) is 4.21. The van der Waals surface area contributed by atoms with Gasteiger partial charge in [-0.25, -0.2) is 4.39 Å². The van der Waals surface area contributed by atoms with Crippen molar-refractivity contribution in [3.05, 3.63) is 46.0 Å². The van der Waals surface area contributed by atoms with Crippen molar-refractivity contribution in [3.8, 4) is 5.69 Å². The Morgan fingerprint density at radius 2 is 1.84 bits per heavy atom. The Labute approximate surface area is 221 Å². The van der Waals surface area contributed by atoms with Gasteiger partial charge in [0, 0.05) is 29.4 Å². The van der Waals surface area contributed by atoms with Gasteiger partial charge in [0.25, 0.3) is 5.91 Å². The highest BCUT2D eigenvalue weighted by Crippen LogP contribution is 2.52. The van der Waals surface area contributed by atoms with Crippen LogP contribution in [0.5, 0.6) is 0 Å². The van der Waals surface area contributed by atoms with Crippen molar-refractivity contribution in [2.75, 3.05) is 11.9 Å². The number of ether oxygens (including phenoxy) is 1. The molecule has 4 aliphatic carbocycles. The number of hydrogen-bond donors (Lipinski definition) is 3. The Morgan fingerprint density at radius 1 is 1.08 bits per heavy atom. The minimum atomic E-state index is -0.828. The fraction of sp³-hybridized carbons (Fsp3) is 0.552. The smallest absolute Gasteiger partial charge is 0.319 e. The molecule has 2 aromatic rings. The van der Waals surface area contributed by atoms with Crippen LogP contribution in [-0.4, -0.2) is 40.9 Å². The maximum atomic E-state index is 15.6. The van der Waals surface area contributed by atoms with Crippen LogP contribution in [0.25, 0.3) is 5.69 Å². The van der Waals surface area contributed by atoms with E-state index >= 15 is 4.39 Å². The van der Waals surface area contributed by atoms with E-state index in [1.54, 1.807) is 0 Å². The molecule has 9 heteroatoms. The summed E-state index contributed by atoms with van der Waals surface area (Å²) in [5.74, 6) is -1.69. The van der Waals surface area contributed by atoms with E-state index in [2.05, 4.69) is 9.88 Å². The number of hydrogen-bond acceptors (Lipinski definition) is 6. The molecule has 4 aliphatic rings. The second kappa shape index (κ2) is 9.52. The monoisotopic (exact) mass is 522 g/mol. The maximum absolute atomic E-state index is 15.6. The van der Waals surface area contributed by atoms with Crippen molar-refractivity contribution < 1.29 is 23.5 Å². The molecule has 38 heavy (non-hydrogen) atoms. The summed E-state index contributed by atoms with van der Waals surface area (Å²) in [6, 6.07) is 3.18. The van der Waals surface area contributed by atoms with E-state index in [1.807, 2.05) is 6.07 Å². The standard InChI is InChI=1S/C29H35FN4O4/c30-20-11-17(12-21(27(20)28(32)37)33-16-5-7-18(8-6-16)38-25(36)15-31)34-22-4-1-3-19(22)26-23(34)13-29(9-2-10-29)14-24(26)35/h11-12,16,18,33H,1-10,13-15,31H2,(H2,32,37). The Bertz CT molecular complexity index is 1320. The molecule has 8 nitrogen and oxygen atoms in total. The van der Waals surface area contributed by atoms with Gasteiger partial charge in [-0.05, 0) is 87.3 Å². The molecule has 0 bridgehead atoms. The summed E-state index contributed by atoms with van der Waals surface area (Å²) in [7, 11) is 0. The number of Topliss-reactive ketones (excluding diaryl/α,β-unsaturated/α-hetero) is 1. The number of carbonyl (C=O) groups excluding carboxylic acids is 3. The van der Waals surface area contributed by atoms with Crippen LogP contribution < -0.4 is 16.8 Å². The molecule has 1 heterocycles. The van der Waals surface area contributed by atoms with E-state index in [-0.39, 0.29) is 35.5 Å². The highest BCUT2D eigenvalue weighted by molar-refractivity contribution is 6.02. The van der Waals surface area contributed by atoms with E-state index in [0.717, 1.165) is 67.5 Å². The number of aromatic nitrogens is 1. The van der Waals surface area contributed by atoms with Crippen LogP contribution in [0.2, 0.25) is 0 Å². The minimum Gasteiger partial charge on any atom is -0.461 e. The highest BCUT2D eigenvalue weighted by Gasteiger charge is 2.46. The van der Waals surface area contributed by atoms with E-state index in [1.165, 1.54) is 6.07 Å². The van der Waals surface area contributed by atoms with Crippen molar-refractivity contribution in [2.45, 2.75) is 89.2 Å². The molecular weight excluding hydrogens is 487 g/mol. The average Bonchev–Trinajstić information content (AvgIpc) is 3.43. The molecule has 6 rings (SSSR count). The van der Waals surface area contributed by atoms with E-state index in [9.17, 15) is 14.4 Å². The lowest BCUT2D eigenvalue weighted by Gasteiger charge is -2.44. The molecule has 1 spiro atoms. The number of nitrogens with two attached hydrogens (primary N) is 2. The SMILES string of the molecule is NCC(=O)OC1CCC(Nc2cc(-n3c4c(c5c3CC3(CCC3)CC5=O)CCC4)cc(F)c2C(N)=O)CC1. The molecule has 0 unspecified atom stereocenters. The quantitative estimate of drug-likeness (QED) is 0.496. The zero-order valence-corrected chi connectivity index (χ0v) is 21.6. The number of ketones is 1. The summed E-state index contributed by atoms with van der Waals surface area (Å²) in [6.07, 6.45) is 9.89. The molecule has 0 aliphatic heterocycles. The topological polar surface area (TPSA) is 129 Å². The van der Waals surface area contributed by atoms with Gasteiger partial charge in [-0.1, -0.05) is 6.42 Å². The Morgan fingerprint density at radius 3 is 2.50 bits per heavy atom. The van der Waals surface area contributed by atoms with Gasteiger partial charge < -0.3 is 26.1 Å². The lowest BCUT2D eigenvalue weighted by molar-refractivity contribution is -0.148. The van der Waals surface area contributed by atoms with E-state index < -0.39 is 17.7 Å². The van der Waals surface area contributed by atoms with Gasteiger partial charge in [-0.15, -0.1) is 0 Å². The lowest BCUT2D eigenvalue weighted by atomic mass is 9.60. The van der Waals surface area contributed by atoms with Crippen LogP contribution in [0.1, 0.15) is 95.5 Å². The van der Waals surface area contributed by atoms with Gasteiger partial charge >= 0.3 is 5.97 Å². The lowest BCUT2D eigenvalue weighted by Crippen LogP contribution is -2.39. The molecule has 0 atom stereocenters. The average molecular weight is 523 g/mol. The molecule has 2 saturated carbocycles. The number of amides is 1. The molecule has 1 aromatic heterocycles. The van der Waals surface area contributed by atoms with Crippen LogP contribution >= 0.6 is 0 Å². The summed E-state index contributed by atoms with van der Waals surface area (Å²) in [6.45, 7) is -0.147. The predicted octanol–water partition coefficient (Wildman–Crippen LogP) is 3.73. The van der Waals surface area contributed by atoms with Crippen LogP contribution in [-0.2, 0) is 28.8 Å². The number of nitrogens with zero attached hydrogens (tertiary/aromatic N) is 1. The van der Waals surface area contributed by atoms with Crippen molar-refractivity contribution in [2.24, 2.45) is 16.9 Å². The van der Waals surface area contributed by atoms with Gasteiger partial charge in [-0.2, -0.15) is 0 Å². The van der Waals surface area contributed by atoms with E-state index in [4.69, 9.17) is 16.2 Å². The van der Waals surface area contributed by atoms with Crippen molar-refractivity contribution >= 4 is 23.3 Å². The molecule has 1 amide bonds. The molecule has 0 radical (unpaired) electrons. The fourth-order valence-corrected chi connectivity index (χ4v) is 7.24. The summed E-state index contributed by atoms with van der Waals surface area (Å²) in [5.41, 5.74) is 15.9. The first-order valence-corrected chi connectivity index (χ1v) is 13.9. The number of benzene rings is 1. The minimum absolute atomic E-state index is 0.0281. The number of halogens is 1. The molecule has 0 saturated heterocycles. The summed E-state index contributed by atoms with van der Waals surface area (Å²) in [4.78, 5) is 37.2. The molecule has 5 N–H and O–H groups in total. The first-order chi connectivity index (χ1) is 18.3.